The second kappa shape index (κ2) is 8.44. The molecule has 0 saturated heterocycles. The number of hydrogen-bond acceptors (Lipinski definition) is 4. The van der Waals surface area contributed by atoms with Crippen LogP contribution in [0, 0.1) is 0 Å². The van der Waals surface area contributed by atoms with E-state index < -0.39 is 0 Å². The lowest BCUT2D eigenvalue weighted by Gasteiger charge is -2.05. The molecule has 0 spiro atoms. The van der Waals surface area contributed by atoms with Crippen molar-refractivity contribution in [3.05, 3.63) is 65.6 Å². The molecule has 0 unspecified atom stereocenters. The van der Waals surface area contributed by atoms with Crippen LogP contribution in [-0.4, -0.2) is 16.0 Å². The molecule has 0 radical (unpaired) electrons. The summed E-state index contributed by atoms with van der Waals surface area (Å²) >= 11 is 5.90. The first-order valence-electron chi connectivity index (χ1n) is 8.12. The standard InChI is InChI=1S/C19H18ClN3O2/c20-16-9-7-15(8-10-16)17-13-22-25-19(17)23-18(24)6-2-1-4-14-5-3-11-21-12-14/h3,5,7-13H,1-2,4,6H2,(H,23,24). The second-order valence-electron chi connectivity index (χ2n) is 5.69. The van der Waals surface area contributed by atoms with Crippen molar-refractivity contribution >= 4 is 23.4 Å². The lowest BCUT2D eigenvalue weighted by molar-refractivity contribution is -0.116. The fourth-order valence-electron chi connectivity index (χ4n) is 2.51. The first-order chi connectivity index (χ1) is 12.2. The van der Waals surface area contributed by atoms with Crippen LogP contribution in [0.3, 0.4) is 0 Å². The maximum Gasteiger partial charge on any atom is 0.239 e. The number of benzene rings is 1. The average Bonchev–Trinajstić information content (AvgIpc) is 3.08. The van der Waals surface area contributed by atoms with E-state index in [1.807, 2.05) is 30.5 Å². The van der Waals surface area contributed by atoms with Crippen molar-refractivity contribution in [1.29, 1.82) is 0 Å². The van der Waals surface area contributed by atoms with E-state index in [1.54, 1.807) is 24.5 Å². The Labute approximate surface area is 151 Å². The molecule has 3 aromatic rings. The van der Waals surface area contributed by atoms with Crippen LogP contribution in [0.2, 0.25) is 5.02 Å². The summed E-state index contributed by atoms with van der Waals surface area (Å²) in [6.45, 7) is 0. The van der Waals surface area contributed by atoms with Gasteiger partial charge in [0.15, 0.2) is 0 Å². The minimum atomic E-state index is -0.0850. The molecule has 1 amide bonds. The molecule has 2 heterocycles. The molecule has 6 heteroatoms. The third kappa shape index (κ3) is 4.90. The van der Waals surface area contributed by atoms with Crippen LogP contribution in [0.4, 0.5) is 5.88 Å². The van der Waals surface area contributed by atoms with Gasteiger partial charge in [-0.3, -0.25) is 15.1 Å². The Bertz CT molecular complexity index is 816. The van der Waals surface area contributed by atoms with E-state index in [0.717, 1.165) is 30.4 Å². The first kappa shape index (κ1) is 17.2. The zero-order valence-corrected chi connectivity index (χ0v) is 14.4. The van der Waals surface area contributed by atoms with Gasteiger partial charge < -0.3 is 4.52 Å². The normalized spacial score (nSPS) is 10.6. The van der Waals surface area contributed by atoms with Crippen LogP contribution in [0.1, 0.15) is 24.8 Å². The number of carbonyl (C=O) groups excluding carboxylic acids is 1. The summed E-state index contributed by atoms with van der Waals surface area (Å²) in [5, 5.41) is 7.22. The summed E-state index contributed by atoms with van der Waals surface area (Å²) in [6, 6.07) is 11.3. The number of unbranched alkanes of at least 4 members (excludes halogenated alkanes) is 1. The summed E-state index contributed by atoms with van der Waals surface area (Å²) in [5.74, 6) is 0.276. The summed E-state index contributed by atoms with van der Waals surface area (Å²) in [4.78, 5) is 16.2. The fourth-order valence-corrected chi connectivity index (χ4v) is 2.64. The molecule has 2 aromatic heterocycles. The van der Waals surface area contributed by atoms with E-state index in [-0.39, 0.29) is 5.91 Å². The number of carbonyl (C=O) groups is 1. The molecule has 0 aliphatic rings. The van der Waals surface area contributed by atoms with Gasteiger partial charge in [0.05, 0.1) is 11.8 Å². The predicted octanol–water partition coefficient (Wildman–Crippen LogP) is 4.74. The predicted molar refractivity (Wildman–Crippen MR) is 97.4 cm³/mol. The Kier molecular flexibility index (Phi) is 5.80. The monoisotopic (exact) mass is 355 g/mol. The van der Waals surface area contributed by atoms with E-state index >= 15 is 0 Å². The number of nitrogens with zero attached hydrogens (tertiary/aromatic N) is 2. The molecule has 0 saturated carbocycles. The van der Waals surface area contributed by atoms with E-state index in [0.29, 0.717) is 17.3 Å². The Hall–Kier alpha value is -2.66. The Morgan fingerprint density at radius 2 is 1.96 bits per heavy atom. The molecular formula is C19H18ClN3O2. The van der Waals surface area contributed by atoms with Crippen molar-refractivity contribution < 1.29 is 9.32 Å². The number of nitrogens with one attached hydrogen (secondary N) is 1. The molecule has 1 aromatic carbocycles. The van der Waals surface area contributed by atoms with Crippen molar-refractivity contribution in [3.63, 3.8) is 0 Å². The quantitative estimate of drug-likeness (QED) is 0.621. The van der Waals surface area contributed by atoms with E-state index in [9.17, 15) is 4.79 Å². The summed E-state index contributed by atoms with van der Waals surface area (Å²) in [5.41, 5.74) is 2.81. The van der Waals surface area contributed by atoms with E-state index in [2.05, 4.69) is 15.5 Å². The number of amides is 1. The van der Waals surface area contributed by atoms with Crippen molar-refractivity contribution in [2.75, 3.05) is 5.32 Å². The zero-order chi connectivity index (χ0) is 17.5. The SMILES string of the molecule is O=C(CCCCc1cccnc1)Nc1oncc1-c1ccc(Cl)cc1. The molecule has 128 valence electrons. The smallest absolute Gasteiger partial charge is 0.239 e. The second-order valence-corrected chi connectivity index (χ2v) is 6.13. The van der Waals surface area contributed by atoms with Crippen molar-refractivity contribution in [2.24, 2.45) is 0 Å². The minimum Gasteiger partial charge on any atom is -0.338 e. The van der Waals surface area contributed by atoms with Gasteiger partial charge in [-0.15, -0.1) is 0 Å². The average molecular weight is 356 g/mol. The van der Waals surface area contributed by atoms with Crippen molar-refractivity contribution in [2.45, 2.75) is 25.7 Å². The number of halogens is 1. The lowest BCUT2D eigenvalue weighted by Crippen LogP contribution is -2.11. The largest absolute Gasteiger partial charge is 0.338 e. The molecule has 0 atom stereocenters. The zero-order valence-electron chi connectivity index (χ0n) is 13.6. The van der Waals surface area contributed by atoms with Crippen LogP contribution < -0.4 is 5.32 Å². The van der Waals surface area contributed by atoms with Gasteiger partial charge in [0.1, 0.15) is 0 Å². The number of anilines is 1. The third-order valence-electron chi connectivity index (χ3n) is 3.82. The maximum absolute atomic E-state index is 12.1. The molecule has 3 rings (SSSR count). The van der Waals surface area contributed by atoms with Gasteiger partial charge in [0.2, 0.25) is 11.8 Å². The summed E-state index contributed by atoms with van der Waals surface area (Å²) < 4.78 is 5.17. The number of rotatable bonds is 7. The van der Waals surface area contributed by atoms with Crippen LogP contribution in [-0.2, 0) is 11.2 Å². The molecule has 0 aliphatic carbocycles. The van der Waals surface area contributed by atoms with Gasteiger partial charge in [0, 0.05) is 23.8 Å². The number of aryl methyl sites for hydroxylation is 1. The Morgan fingerprint density at radius 3 is 2.72 bits per heavy atom. The van der Waals surface area contributed by atoms with Gasteiger partial charge in [-0.2, -0.15) is 0 Å². The molecular weight excluding hydrogens is 338 g/mol. The highest BCUT2D eigenvalue weighted by Gasteiger charge is 2.13. The summed E-state index contributed by atoms with van der Waals surface area (Å²) in [7, 11) is 0. The molecule has 0 fully saturated rings. The van der Waals surface area contributed by atoms with Crippen LogP contribution in [0.25, 0.3) is 11.1 Å². The first-order valence-corrected chi connectivity index (χ1v) is 8.49. The number of hydrogen-bond donors (Lipinski definition) is 1. The molecule has 25 heavy (non-hydrogen) atoms. The van der Waals surface area contributed by atoms with Crippen molar-refractivity contribution in [3.8, 4) is 11.1 Å². The number of aromatic nitrogens is 2. The van der Waals surface area contributed by atoms with Gasteiger partial charge >= 0.3 is 0 Å². The van der Waals surface area contributed by atoms with Gasteiger partial charge in [-0.05, 0) is 48.6 Å². The number of pyridine rings is 1. The van der Waals surface area contributed by atoms with Crippen LogP contribution >= 0.6 is 11.6 Å². The minimum absolute atomic E-state index is 0.0850. The van der Waals surface area contributed by atoms with Crippen LogP contribution in [0.15, 0.2) is 59.5 Å². The van der Waals surface area contributed by atoms with Gasteiger partial charge in [-0.1, -0.05) is 35.0 Å². The Morgan fingerprint density at radius 1 is 1.12 bits per heavy atom. The fraction of sp³-hybridized carbons (Fsp3) is 0.211. The van der Waals surface area contributed by atoms with E-state index in [4.69, 9.17) is 16.1 Å². The molecule has 1 N–H and O–H groups in total. The van der Waals surface area contributed by atoms with Gasteiger partial charge in [-0.25, -0.2) is 0 Å². The van der Waals surface area contributed by atoms with Crippen LogP contribution in [0.5, 0.6) is 0 Å². The lowest BCUT2D eigenvalue weighted by atomic mass is 10.1. The highest BCUT2D eigenvalue weighted by molar-refractivity contribution is 6.30. The Balaban J connectivity index is 1.50. The highest BCUT2D eigenvalue weighted by Crippen LogP contribution is 2.28. The third-order valence-corrected chi connectivity index (χ3v) is 4.07. The van der Waals surface area contributed by atoms with Crippen molar-refractivity contribution in [1.82, 2.24) is 10.1 Å². The van der Waals surface area contributed by atoms with E-state index in [1.165, 1.54) is 5.56 Å². The summed E-state index contributed by atoms with van der Waals surface area (Å²) in [6.07, 6.45) is 8.27. The van der Waals surface area contributed by atoms with Gasteiger partial charge in [0.25, 0.3) is 0 Å². The topological polar surface area (TPSA) is 68.0 Å². The maximum atomic E-state index is 12.1. The molecule has 0 aliphatic heterocycles. The highest BCUT2D eigenvalue weighted by atomic mass is 35.5. The molecule has 5 nitrogen and oxygen atoms in total. The molecule has 0 bridgehead atoms.